The Bertz CT molecular complexity index is 2870. The van der Waals surface area contributed by atoms with E-state index in [9.17, 15) is 35.9 Å². The fourth-order valence-electron chi connectivity index (χ4n) is 9.98. The number of carbonyl (C=O) groups excluding carboxylic acids is 2. The number of halogens is 6. The van der Waals surface area contributed by atoms with Gasteiger partial charge >= 0.3 is 12.7 Å². The maximum absolute atomic E-state index is 12.5. The van der Waals surface area contributed by atoms with Crippen molar-refractivity contribution < 1.29 is 45.4 Å². The SMILES string of the molecule is Cc1nc(N2CC3CC2CN3)nc2ccc(NC(=O)CCc3ccc(OC(F)(F)F)cc3)cc12.Cc1nc(N2CCC(N3CCCC3)CC2)nc2ccc(NC(=O)CCc3ccc(OC(F)(F)F)cc3)cc12. The smallest absolute Gasteiger partial charge is 0.406 e. The van der Waals surface area contributed by atoms with E-state index in [0.717, 1.165) is 102 Å². The predicted molar refractivity (Wildman–Crippen MR) is 262 cm³/mol. The van der Waals surface area contributed by atoms with Crippen LogP contribution in [0, 0.1) is 13.8 Å². The van der Waals surface area contributed by atoms with E-state index in [2.05, 4.69) is 40.1 Å². The monoisotopic (exact) mass is 998 g/mol. The minimum Gasteiger partial charge on any atom is -0.406 e. The molecule has 2 unspecified atom stereocenters. The number of carbonyl (C=O) groups is 2. The molecule has 2 atom stereocenters. The molecule has 14 nitrogen and oxygen atoms in total. The Labute approximate surface area is 412 Å². The third kappa shape index (κ3) is 13.0. The van der Waals surface area contributed by atoms with E-state index in [0.29, 0.717) is 42.3 Å². The molecule has 4 aliphatic heterocycles. The number of likely N-dealkylation sites (tertiary alicyclic amines) is 1. The molecule has 4 aliphatic rings. The first-order valence-electron chi connectivity index (χ1n) is 24.3. The molecule has 2 aromatic heterocycles. The molecule has 4 aromatic carbocycles. The lowest BCUT2D eigenvalue weighted by Crippen LogP contribution is -2.44. The number of aryl methyl sites for hydroxylation is 4. The van der Waals surface area contributed by atoms with Gasteiger partial charge in [0.1, 0.15) is 11.5 Å². The van der Waals surface area contributed by atoms with E-state index in [4.69, 9.17) is 19.9 Å². The second kappa shape index (κ2) is 21.5. The summed E-state index contributed by atoms with van der Waals surface area (Å²) in [5.74, 6) is 0.572. The quantitative estimate of drug-likeness (QED) is 0.0947. The number of aromatic nitrogens is 4. The number of anilines is 4. The second-order valence-corrected chi connectivity index (χ2v) is 18.8. The summed E-state index contributed by atoms with van der Waals surface area (Å²) < 4.78 is 81.4. The fourth-order valence-corrected chi connectivity index (χ4v) is 9.98. The first kappa shape index (κ1) is 50.2. The standard InChI is InChI=1S/C28H32F3N5O2.C24H24F3N5O2/c1-19-24-18-21(33-26(37)11-6-20-4-8-23(9-5-20)38-28(29,30)31)7-10-25(24)34-27(32-19)36-16-12-22(13-17-36)35-14-2-3-15-35;1-14-20-11-16(5-8-21(20)31-23(29-14)32-13-17-10-18(32)12-28-17)30-22(33)9-4-15-2-6-19(7-3-15)34-24(25,26)27/h4-5,7-10,18,22H,2-3,6,11-17H2,1H3,(H,33,37);2-3,5-8,11,17-18,28H,4,9-10,12-13H2,1H3,(H,30,33). The van der Waals surface area contributed by atoms with Crippen molar-refractivity contribution in [2.24, 2.45) is 0 Å². The van der Waals surface area contributed by atoms with Crippen LogP contribution in [0.4, 0.5) is 49.6 Å². The predicted octanol–water partition coefficient (Wildman–Crippen LogP) is 9.43. The van der Waals surface area contributed by atoms with Crippen molar-refractivity contribution in [3.8, 4) is 11.5 Å². The molecule has 0 spiro atoms. The number of piperidine rings is 1. The van der Waals surface area contributed by atoms with Crippen LogP contribution in [0.25, 0.3) is 21.8 Å². The highest BCUT2D eigenvalue weighted by Gasteiger charge is 2.39. The molecule has 380 valence electrons. The van der Waals surface area contributed by atoms with Crippen molar-refractivity contribution >= 4 is 56.9 Å². The molecule has 0 aliphatic carbocycles. The van der Waals surface area contributed by atoms with Crippen molar-refractivity contribution in [3.63, 3.8) is 0 Å². The van der Waals surface area contributed by atoms with Gasteiger partial charge in [0.25, 0.3) is 0 Å². The van der Waals surface area contributed by atoms with Gasteiger partial charge in [-0.3, -0.25) is 9.59 Å². The summed E-state index contributed by atoms with van der Waals surface area (Å²) in [5, 5.41) is 11.0. The number of fused-ring (bicyclic) bond motifs is 4. The van der Waals surface area contributed by atoms with Gasteiger partial charge in [-0.15, -0.1) is 26.3 Å². The lowest BCUT2D eigenvalue weighted by Gasteiger charge is -2.36. The number of hydrogen-bond donors (Lipinski definition) is 3. The normalized spacial score (nSPS) is 18.3. The topological polar surface area (TPSA) is 150 Å². The van der Waals surface area contributed by atoms with Gasteiger partial charge < -0.3 is 40.1 Å². The Morgan fingerprint density at radius 3 is 1.58 bits per heavy atom. The van der Waals surface area contributed by atoms with Crippen molar-refractivity contribution in [2.45, 2.75) is 102 Å². The molecule has 6 aromatic rings. The summed E-state index contributed by atoms with van der Waals surface area (Å²) >= 11 is 0. The summed E-state index contributed by atoms with van der Waals surface area (Å²) in [5.41, 5.74) is 6.18. The third-order valence-corrected chi connectivity index (χ3v) is 13.6. The zero-order valence-corrected chi connectivity index (χ0v) is 40.0. The van der Waals surface area contributed by atoms with Crippen molar-refractivity contribution in [3.05, 3.63) is 107 Å². The summed E-state index contributed by atoms with van der Waals surface area (Å²) in [4.78, 5) is 51.2. The summed E-state index contributed by atoms with van der Waals surface area (Å²) in [6.45, 7) is 10.1. The number of nitrogens with one attached hydrogen (secondary N) is 3. The number of ether oxygens (including phenoxy) is 2. The number of hydrogen-bond acceptors (Lipinski definition) is 12. The van der Waals surface area contributed by atoms with Crippen LogP contribution in [0.15, 0.2) is 84.9 Å². The first-order valence-corrected chi connectivity index (χ1v) is 24.3. The van der Waals surface area contributed by atoms with Gasteiger partial charge in [0.2, 0.25) is 23.7 Å². The van der Waals surface area contributed by atoms with Crippen molar-refractivity contribution in [1.82, 2.24) is 30.2 Å². The zero-order chi connectivity index (χ0) is 50.6. The maximum Gasteiger partial charge on any atom is 0.573 e. The van der Waals surface area contributed by atoms with E-state index in [1.54, 1.807) is 0 Å². The number of alkyl halides is 6. The Kier molecular flexibility index (Phi) is 15.0. The summed E-state index contributed by atoms with van der Waals surface area (Å²) in [7, 11) is 0. The van der Waals surface area contributed by atoms with Crippen LogP contribution in [0.3, 0.4) is 0 Å². The molecule has 2 bridgehead atoms. The molecule has 4 fully saturated rings. The highest BCUT2D eigenvalue weighted by molar-refractivity contribution is 5.95. The molecule has 3 N–H and O–H groups in total. The highest BCUT2D eigenvalue weighted by atomic mass is 19.4. The van der Waals surface area contributed by atoms with Gasteiger partial charge in [0.05, 0.1) is 22.4 Å². The van der Waals surface area contributed by atoms with E-state index in [1.807, 2.05) is 50.2 Å². The number of benzene rings is 4. The lowest BCUT2D eigenvalue weighted by molar-refractivity contribution is -0.275. The summed E-state index contributed by atoms with van der Waals surface area (Å²) in [6, 6.07) is 23.9. The van der Waals surface area contributed by atoms with E-state index >= 15 is 0 Å². The van der Waals surface area contributed by atoms with Crippen LogP contribution in [-0.2, 0) is 22.4 Å². The molecule has 4 saturated heterocycles. The molecule has 72 heavy (non-hydrogen) atoms. The lowest BCUT2D eigenvalue weighted by atomic mass is 10.0. The van der Waals surface area contributed by atoms with Crippen LogP contribution in [0.2, 0.25) is 0 Å². The molecule has 10 rings (SSSR count). The second-order valence-electron chi connectivity index (χ2n) is 18.8. The summed E-state index contributed by atoms with van der Waals surface area (Å²) in [6.07, 6.45) is -2.26. The average Bonchev–Trinajstić information content (AvgIpc) is 4.15. The fraction of sp³-hybridized carbons (Fsp3) is 0.423. The number of piperazine rings is 1. The van der Waals surface area contributed by atoms with Crippen LogP contribution >= 0.6 is 0 Å². The van der Waals surface area contributed by atoms with Crippen molar-refractivity contribution in [2.75, 3.05) is 59.7 Å². The number of nitrogens with zero attached hydrogens (tertiary/aromatic N) is 7. The van der Waals surface area contributed by atoms with E-state index in [1.165, 1.54) is 74.5 Å². The van der Waals surface area contributed by atoms with Gasteiger partial charge in [0.15, 0.2) is 0 Å². The highest BCUT2D eigenvalue weighted by Crippen LogP contribution is 2.31. The Hall–Kier alpha value is -6.80. The molecular weight excluding hydrogens is 943 g/mol. The molecule has 20 heteroatoms. The molecule has 0 saturated carbocycles. The van der Waals surface area contributed by atoms with Gasteiger partial charge in [-0.2, -0.15) is 0 Å². The largest absolute Gasteiger partial charge is 0.573 e. The van der Waals surface area contributed by atoms with Crippen LogP contribution in [-0.4, -0.2) is 107 Å². The first-order chi connectivity index (χ1) is 34.5. The van der Waals surface area contributed by atoms with Gasteiger partial charge in [-0.05, 0) is 144 Å². The Balaban J connectivity index is 0.000000179. The zero-order valence-electron chi connectivity index (χ0n) is 40.0. The third-order valence-electron chi connectivity index (χ3n) is 13.6. The number of rotatable bonds is 13. The van der Waals surface area contributed by atoms with Crippen LogP contribution in [0.1, 0.15) is 67.5 Å². The van der Waals surface area contributed by atoms with E-state index < -0.39 is 12.7 Å². The van der Waals surface area contributed by atoms with Crippen molar-refractivity contribution in [1.29, 1.82) is 0 Å². The minimum atomic E-state index is -4.73. The molecule has 0 radical (unpaired) electrons. The number of amides is 2. The Morgan fingerprint density at radius 2 is 1.12 bits per heavy atom. The van der Waals surface area contributed by atoms with Gasteiger partial charge in [0, 0.05) is 79.3 Å². The Morgan fingerprint density at radius 1 is 0.639 bits per heavy atom. The molecule has 2 amide bonds. The average molecular weight is 999 g/mol. The molecule has 6 heterocycles. The maximum atomic E-state index is 12.5. The minimum absolute atomic E-state index is 0.184. The molecular formula is C52H56F6N10O4. The van der Waals surface area contributed by atoms with Gasteiger partial charge in [-0.25, -0.2) is 19.9 Å². The van der Waals surface area contributed by atoms with Gasteiger partial charge in [-0.1, -0.05) is 24.3 Å². The van der Waals surface area contributed by atoms with Crippen LogP contribution in [0.5, 0.6) is 11.5 Å². The van der Waals surface area contributed by atoms with Crippen LogP contribution < -0.4 is 35.2 Å². The van der Waals surface area contributed by atoms with E-state index in [-0.39, 0.29) is 36.2 Å².